The van der Waals surface area contributed by atoms with Crippen molar-refractivity contribution >= 4 is 17.9 Å². The first kappa shape index (κ1) is 57.3. The predicted octanol–water partition coefficient (Wildman–Crippen LogP) is 14.0. The van der Waals surface area contributed by atoms with E-state index in [1.807, 2.05) is 21.1 Å². The average Bonchev–Trinajstić information content (AvgIpc) is 3.21. The molecule has 60 heavy (non-hydrogen) atoms. The summed E-state index contributed by atoms with van der Waals surface area (Å²) in [7, 11) is 5.52. The fraction of sp³-hybridized carbons (Fsp3) is 0.788. The molecule has 0 amide bonds. The number of carbonyl (C=O) groups excluding carboxylic acids is 2. The van der Waals surface area contributed by atoms with E-state index in [0.717, 1.165) is 77.0 Å². The summed E-state index contributed by atoms with van der Waals surface area (Å²) in [5.74, 6) is -1.49. The van der Waals surface area contributed by atoms with Gasteiger partial charge < -0.3 is 23.8 Å². The molecule has 0 aromatic carbocycles. The standard InChI is InChI=1S/C52H93NO7/c1-6-8-10-12-14-16-18-20-22-23-24-25-26-27-29-30-32-34-36-38-40-42-50(54)59-47-48(46-58-45-44-49(52(56)57)53(3,4)5)60-51(55)43-41-39-37-35-33-31-28-21-19-17-15-13-11-9-7-2/h9,11,15,17,21,23-24,28,48-49H,6-8,10,12-14,16,18-20,22,25-27,29-47H2,1-5H3/p+1/b11-9-,17-15-,24-23-,28-21-. The lowest BCUT2D eigenvalue weighted by atomic mass is 10.1. The molecule has 1 N–H and O–H groups in total. The maximum Gasteiger partial charge on any atom is 0.362 e. The molecule has 0 aliphatic carbocycles. The van der Waals surface area contributed by atoms with Gasteiger partial charge in [0.05, 0.1) is 34.4 Å². The van der Waals surface area contributed by atoms with E-state index in [0.29, 0.717) is 19.3 Å². The van der Waals surface area contributed by atoms with Crippen LogP contribution in [-0.2, 0) is 28.6 Å². The number of carboxylic acid groups (broad SMARTS) is 1. The monoisotopic (exact) mass is 845 g/mol. The van der Waals surface area contributed by atoms with E-state index in [1.54, 1.807) is 0 Å². The van der Waals surface area contributed by atoms with Crippen LogP contribution in [0.25, 0.3) is 0 Å². The molecule has 0 rings (SSSR count). The molecule has 0 aromatic rings. The van der Waals surface area contributed by atoms with Gasteiger partial charge in [-0.15, -0.1) is 0 Å². The van der Waals surface area contributed by atoms with Crippen molar-refractivity contribution in [3.8, 4) is 0 Å². The number of hydrogen-bond donors (Lipinski definition) is 1. The predicted molar refractivity (Wildman–Crippen MR) is 252 cm³/mol. The van der Waals surface area contributed by atoms with Crippen LogP contribution < -0.4 is 0 Å². The molecule has 0 saturated carbocycles. The Morgan fingerprint density at radius 2 is 0.933 bits per heavy atom. The molecular formula is C52H94NO7+. The van der Waals surface area contributed by atoms with Crippen LogP contribution in [-0.4, -0.2) is 80.6 Å². The van der Waals surface area contributed by atoms with E-state index in [1.165, 1.54) is 103 Å². The van der Waals surface area contributed by atoms with Crippen LogP contribution in [0, 0.1) is 0 Å². The number of unbranched alkanes of at least 4 members (excludes halogenated alkanes) is 22. The minimum Gasteiger partial charge on any atom is -0.477 e. The van der Waals surface area contributed by atoms with E-state index in [2.05, 4.69) is 62.5 Å². The van der Waals surface area contributed by atoms with Crippen molar-refractivity contribution in [2.45, 2.75) is 225 Å². The summed E-state index contributed by atoms with van der Waals surface area (Å²) in [4.78, 5) is 37.1. The van der Waals surface area contributed by atoms with Crippen molar-refractivity contribution in [3.63, 3.8) is 0 Å². The highest BCUT2D eigenvalue weighted by atomic mass is 16.6. The zero-order valence-electron chi connectivity index (χ0n) is 39.7. The minimum atomic E-state index is -0.878. The highest BCUT2D eigenvalue weighted by Gasteiger charge is 2.31. The fourth-order valence-electron chi connectivity index (χ4n) is 7.16. The Labute approximate surface area is 369 Å². The van der Waals surface area contributed by atoms with Gasteiger partial charge in [0.15, 0.2) is 12.1 Å². The molecule has 8 heteroatoms. The number of nitrogens with zero attached hydrogens (tertiary/aromatic N) is 1. The topological polar surface area (TPSA) is 99.1 Å². The Kier molecular flexibility index (Phi) is 41.0. The molecule has 0 radical (unpaired) electrons. The summed E-state index contributed by atoms with van der Waals surface area (Å²) in [6, 6.07) is -0.619. The molecule has 0 spiro atoms. The number of carbonyl (C=O) groups is 3. The second-order valence-electron chi connectivity index (χ2n) is 17.7. The van der Waals surface area contributed by atoms with Crippen molar-refractivity contribution in [2.24, 2.45) is 0 Å². The molecule has 0 aliphatic heterocycles. The van der Waals surface area contributed by atoms with Crippen molar-refractivity contribution in [2.75, 3.05) is 41.0 Å². The van der Waals surface area contributed by atoms with Gasteiger partial charge in [-0.3, -0.25) is 9.59 Å². The van der Waals surface area contributed by atoms with Crippen molar-refractivity contribution in [1.29, 1.82) is 0 Å². The third-order valence-electron chi connectivity index (χ3n) is 11.0. The van der Waals surface area contributed by atoms with Crippen LogP contribution in [0.2, 0.25) is 0 Å². The number of aliphatic carboxylic acids is 1. The summed E-state index contributed by atoms with van der Waals surface area (Å²) >= 11 is 0. The van der Waals surface area contributed by atoms with E-state index in [4.69, 9.17) is 14.2 Å². The third-order valence-corrected chi connectivity index (χ3v) is 11.0. The summed E-state index contributed by atoms with van der Waals surface area (Å²) < 4.78 is 17.3. The molecule has 0 saturated heterocycles. The molecular weight excluding hydrogens is 751 g/mol. The second-order valence-corrected chi connectivity index (χ2v) is 17.7. The Bertz CT molecular complexity index is 1120. The van der Waals surface area contributed by atoms with Gasteiger partial charge in [0.2, 0.25) is 0 Å². The Morgan fingerprint density at radius 3 is 1.40 bits per heavy atom. The van der Waals surface area contributed by atoms with Crippen LogP contribution in [0.1, 0.15) is 213 Å². The molecule has 8 nitrogen and oxygen atoms in total. The smallest absolute Gasteiger partial charge is 0.362 e. The van der Waals surface area contributed by atoms with Gasteiger partial charge >= 0.3 is 17.9 Å². The van der Waals surface area contributed by atoms with Gasteiger partial charge in [-0.05, 0) is 70.6 Å². The molecule has 348 valence electrons. The number of carboxylic acids is 1. The number of hydrogen-bond acceptors (Lipinski definition) is 6. The summed E-state index contributed by atoms with van der Waals surface area (Å²) in [5, 5.41) is 9.64. The summed E-state index contributed by atoms with van der Waals surface area (Å²) in [6.45, 7) is 4.62. The quantitative estimate of drug-likeness (QED) is 0.0282. The number of esters is 2. The summed E-state index contributed by atoms with van der Waals surface area (Å²) in [6.07, 6.45) is 51.6. The molecule has 2 atom stereocenters. The number of likely N-dealkylation sites (N-methyl/N-ethyl adjacent to an activating group) is 1. The van der Waals surface area contributed by atoms with Gasteiger partial charge in [0, 0.05) is 19.3 Å². The molecule has 2 unspecified atom stereocenters. The normalized spacial score (nSPS) is 13.3. The summed E-state index contributed by atoms with van der Waals surface area (Å²) in [5.41, 5.74) is 0. The van der Waals surface area contributed by atoms with Crippen molar-refractivity contribution in [3.05, 3.63) is 48.6 Å². The Hall–Kier alpha value is -2.71. The Morgan fingerprint density at radius 1 is 0.517 bits per heavy atom. The Balaban J connectivity index is 4.25. The van der Waals surface area contributed by atoms with Gasteiger partial charge in [-0.25, -0.2) is 4.79 Å². The van der Waals surface area contributed by atoms with Gasteiger partial charge in [0.25, 0.3) is 0 Å². The largest absolute Gasteiger partial charge is 0.477 e. The zero-order chi connectivity index (χ0) is 44.2. The minimum absolute atomic E-state index is 0.0533. The lowest BCUT2D eigenvalue weighted by Gasteiger charge is -2.31. The zero-order valence-corrected chi connectivity index (χ0v) is 39.7. The number of quaternary nitrogens is 1. The average molecular weight is 845 g/mol. The number of allylic oxidation sites excluding steroid dienone is 8. The van der Waals surface area contributed by atoms with Crippen LogP contribution in [0.15, 0.2) is 48.6 Å². The highest BCUT2D eigenvalue weighted by molar-refractivity contribution is 5.72. The highest BCUT2D eigenvalue weighted by Crippen LogP contribution is 2.15. The van der Waals surface area contributed by atoms with Crippen molar-refractivity contribution in [1.82, 2.24) is 0 Å². The third kappa shape index (κ3) is 40.7. The first-order chi connectivity index (χ1) is 29.1. The SMILES string of the molecule is CC/C=C\C/C=C\C/C=C\CCCCCCCC(=O)OC(COCCC(C(=O)O)[N+](C)(C)C)COC(=O)CCCCCCCCCCC/C=C\CCCCCCCCCC. The number of rotatable bonds is 44. The maximum absolute atomic E-state index is 12.7. The molecule has 0 fully saturated rings. The van der Waals surface area contributed by atoms with E-state index >= 15 is 0 Å². The maximum atomic E-state index is 12.7. The van der Waals surface area contributed by atoms with Crippen LogP contribution >= 0.6 is 0 Å². The molecule has 0 heterocycles. The van der Waals surface area contributed by atoms with Crippen LogP contribution in [0.4, 0.5) is 0 Å². The van der Waals surface area contributed by atoms with Gasteiger partial charge in [-0.1, -0.05) is 172 Å². The van der Waals surface area contributed by atoms with E-state index in [-0.39, 0.29) is 36.2 Å². The lowest BCUT2D eigenvalue weighted by Crippen LogP contribution is -2.50. The lowest BCUT2D eigenvalue weighted by molar-refractivity contribution is -0.887. The van der Waals surface area contributed by atoms with Gasteiger partial charge in [0.1, 0.15) is 6.61 Å². The van der Waals surface area contributed by atoms with Crippen molar-refractivity contribution < 1.29 is 38.2 Å². The van der Waals surface area contributed by atoms with E-state index < -0.39 is 18.1 Å². The van der Waals surface area contributed by atoms with Crippen LogP contribution in [0.5, 0.6) is 0 Å². The van der Waals surface area contributed by atoms with Crippen LogP contribution in [0.3, 0.4) is 0 Å². The fourth-order valence-corrected chi connectivity index (χ4v) is 7.16. The molecule has 0 aliphatic rings. The molecule has 0 bridgehead atoms. The van der Waals surface area contributed by atoms with Gasteiger partial charge in [-0.2, -0.15) is 0 Å². The second kappa shape index (κ2) is 43.0. The first-order valence-corrected chi connectivity index (χ1v) is 24.7. The number of ether oxygens (including phenoxy) is 3. The first-order valence-electron chi connectivity index (χ1n) is 24.7. The molecule has 0 aromatic heterocycles. The van der Waals surface area contributed by atoms with E-state index in [9.17, 15) is 19.5 Å².